The number of quaternary nitrogens is 1. The van der Waals surface area contributed by atoms with Gasteiger partial charge in [-0.15, -0.1) is 0 Å². The molecule has 3 atom stereocenters. The van der Waals surface area contributed by atoms with Crippen LogP contribution in [0.3, 0.4) is 0 Å². The summed E-state index contributed by atoms with van der Waals surface area (Å²) in [5, 5.41) is 2.13. The Balaban J connectivity index is 2.21. The monoisotopic (exact) mass is 209 g/mol. The molecule has 1 heterocycles. The second-order valence-corrected chi connectivity index (χ2v) is 4.11. The average molecular weight is 209 g/mol. The van der Waals surface area contributed by atoms with E-state index < -0.39 is 0 Å². The van der Waals surface area contributed by atoms with E-state index in [2.05, 4.69) is 36.5 Å². The Labute approximate surface area is 90.1 Å². The first kappa shape index (κ1) is 9.83. The molecule has 2 rings (SSSR count). The van der Waals surface area contributed by atoms with Gasteiger partial charge in [0.05, 0.1) is 12.7 Å². The molecule has 1 aromatic rings. The van der Waals surface area contributed by atoms with Crippen LogP contribution in [0.4, 0.5) is 5.69 Å². The topological polar surface area (TPSA) is 19.7 Å². The van der Waals surface area contributed by atoms with Crippen molar-refractivity contribution >= 4 is 18.3 Å². The number of hydrogen-bond acceptors (Lipinski definition) is 3. The average Bonchev–Trinajstić information content (AvgIpc) is 2.47. The van der Waals surface area contributed by atoms with Crippen LogP contribution in [0.25, 0.3) is 0 Å². The van der Waals surface area contributed by atoms with Crippen molar-refractivity contribution < 1.29 is 4.90 Å². The highest BCUT2D eigenvalue weighted by molar-refractivity contribution is 7.59. The summed E-state index contributed by atoms with van der Waals surface area (Å²) in [5.41, 5.74) is 4.51. The fourth-order valence-corrected chi connectivity index (χ4v) is 1.96. The quantitative estimate of drug-likeness (QED) is 0.620. The number of nitrogens with one attached hydrogen (secondary N) is 2. The fourth-order valence-electron chi connectivity index (χ4n) is 1.65. The number of hydrazine groups is 1. The van der Waals surface area contributed by atoms with Crippen molar-refractivity contribution in [3.63, 3.8) is 0 Å². The van der Waals surface area contributed by atoms with E-state index in [9.17, 15) is 0 Å². The van der Waals surface area contributed by atoms with Gasteiger partial charge in [0.15, 0.2) is 6.17 Å². The van der Waals surface area contributed by atoms with Gasteiger partial charge in [0.1, 0.15) is 0 Å². The molecule has 14 heavy (non-hydrogen) atoms. The largest absolute Gasteiger partial charge is 0.709 e. The highest BCUT2D eigenvalue weighted by Crippen LogP contribution is 2.13. The maximum atomic E-state index is 5.29. The van der Waals surface area contributed by atoms with Crippen molar-refractivity contribution in [3.8, 4) is 0 Å². The third kappa shape index (κ3) is 1.61. The molecule has 1 aliphatic heterocycles. The van der Waals surface area contributed by atoms with E-state index in [1.54, 1.807) is 0 Å². The molecule has 76 valence electrons. The smallest absolute Gasteiger partial charge is 0.173 e. The molecule has 1 aliphatic rings. The number of rotatable bonds is 1. The van der Waals surface area contributed by atoms with Crippen LogP contribution >= 0.6 is 0 Å². The summed E-state index contributed by atoms with van der Waals surface area (Å²) in [4.78, 5) is 1.31. The third-order valence-corrected chi connectivity index (χ3v) is 3.23. The summed E-state index contributed by atoms with van der Waals surface area (Å²) in [6, 6.07) is 10.3. The summed E-state index contributed by atoms with van der Waals surface area (Å²) >= 11 is 5.29. The van der Waals surface area contributed by atoms with Crippen LogP contribution in [0.15, 0.2) is 30.3 Å². The lowest BCUT2D eigenvalue weighted by molar-refractivity contribution is -0.900. The van der Waals surface area contributed by atoms with Gasteiger partial charge in [-0.05, 0) is 12.1 Å². The van der Waals surface area contributed by atoms with E-state index in [1.165, 1.54) is 10.6 Å². The van der Waals surface area contributed by atoms with Gasteiger partial charge >= 0.3 is 0 Å². The molecule has 0 aromatic heterocycles. The fraction of sp³-hybridized carbons (Fsp3) is 0.400. The van der Waals surface area contributed by atoms with Crippen molar-refractivity contribution in [3.05, 3.63) is 30.3 Å². The Morgan fingerprint density at radius 3 is 2.50 bits per heavy atom. The zero-order valence-corrected chi connectivity index (χ0v) is 9.21. The van der Waals surface area contributed by atoms with Crippen molar-refractivity contribution in [2.45, 2.75) is 18.6 Å². The van der Waals surface area contributed by atoms with Crippen molar-refractivity contribution in [2.75, 3.05) is 12.1 Å². The molecule has 0 aliphatic carbocycles. The molecule has 1 saturated heterocycles. The Bertz CT molecular complexity index is 303. The second kappa shape index (κ2) is 3.81. The third-order valence-electron chi connectivity index (χ3n) is 2.75. The van der Waals surface area contributed by atoms with E-state index in [4.69, 9.17) is 12.6 Å². The number of benzene rings is 1. The van der Waals surface area contributed by atoms with Crippen LogP contribution in [0, 0.1) is 0 Å². The summed E-state index contributed by atoms with van der Waals surface area (Å²) in [7, 11) is 2.11. The molecule has 0 radical (unpaired) electrons. The van der Waals surface area contributed by atoms with Crippen LogP contribution in [-0.2, 0) is 12.6 Å². The number of para-hydroxylation sites is 1. The first-order chi connectivity index (χ1) is 6.70. The first-order valence-electron chi connectivity index (χ1n) is 4.80. The Hall–Kier alpha value is -0.710. The summed E-state index contributed by atoms with van der Waals surface area (Å²) in [6.45, 7) is 2.17. The van der Waals surface area contributed by atoms with E-state index in [1.807, 2.05) is 18.2 Å². The van der Waals surface area contributed by atoms with Crippen LogP contribution in [0.1, 0.15) is 6.92 Å². The van der Waals surface area contributed by atoms with Crippen LogP contribution in [-0.4, -0.2) is 18.7 Å². The molecule has 2 N–H and O–H groups in total. The molecule has 0 saturated carbocycles. The SMILES string of the molecule is CC1N(c2ccccc2)NC([S-])[NH+]1C. The molecule has 1 aromatic carbocycles. The molecule has 3 unspecified atom stereocenters. The zero-order chi connectivity index (χ0) is 10.1. The number of hydrogen-bond donors (Lipinski definition) is 2. The number of anilines is 1. The Morgan fingerprint density at radius 1 is 1.36 bits per heavy atom. The van der Waals surface area contributed by atoms with Crippen molar-refractivity contribution in [1.29, 1.82) is 0 Å². The summed E-state index contributed by atoms with van der Waals surface area (Å²) in [5.74, 6) is 0. The van der Waals surface area contributed by atoms with Crippen LogP contribution in [0.5, 0.6) is 0 Å². The van der Waals surface area contributed by atoms with Crippen LogP contribution in [0.2, 0.25) is 0 Å². The summed E-state index contributed by atoms with van der Waals surface area (Å²) in [6.07, 6.45) is 0.375. The standard InChI is InChI=1S/C10H15N3S/c1-8-12(2)10(14)11-13(8)9-6-4-3-5-7-9/h3-8,10-11,14H,1-2H3. The van der Waals surface area contributed by atoms with Gasteiger partial charge in [0, 0.05) is 12.4 Å². The zero-order valence-electron chi connectivity index (χ0n) is 8.40. The Morgan fingerprint density at radius 2 is 2.00 bits per heavy atom. The molecular formula is C10H15N3S. The molecule has 1 fully saturated rings. The minimum atomic E-state index is 0.0604. The predicted molar refractivity (Wildman–Crippen MR) is 59.6 cm³/mol. The molecule has 0 spiro atoms. The first-order valence-corrected chi connectivity index (χ1v) is 5.27. The van der Waals surface area contributed by atoms with Crippen molar-refractivity contribution in [2.24, 2.45) is 0 Å². The molecule has 0 bridgehead atoms. The van der Waals surface area contributed by atoms with Gasteiger partial charge in [-0.2, -0.15) is 5.43 Å². The maximum absolute atomic E-state index is 5.29. The molecule has 0 amide bonds. The van der Waals surface area contributed by atoms with Crippen LogP contribution < -0.4 is 15.3 Å². The lowest BCUT2D eigenvalue weighted by Gasteiger charge is -2.22. The lowest BCUT2D eigenvalue weighted by atomic mass is 10.3. The highest BCUT2D eigenvalue weighted by atomic mass is 32.1. The normalized spacial score (nSPS) is 32.2. The minimum Gasteiger partial charge on any atom is -0.709 e. The second-order valence-electron chi connectivity index (χ2n) is 3.63. The van der Waals surface area contributed by atoms with Gasteiger partial charge in [-0.1, -0.05) is 18.2 Å². The van der Waals surface area contributed by atoms with E-state index in [0.717, 1.165) is 0 Å². The minimum absolute atomic E-state index is 0.0604. The maximum Gasteiger partial charge on any atom is 0.173 e. The van der Waals surface area contributed by atoms with Gasteiger partial charge in [0.25, 0.3) is 0 Å². The van der Waals surface area contributed by atoms with E-state index in [0.29, 0.717) is 6.17 Å². The predicted octanol–water partition coefficient (Wildman–Crippen LogP) is -0.298. The van der Waals surface area contributed by atoms with Crippen molar-refractivity contribution in [1.82, 2.24) is 5.43 Å². The van der Waals surface area contributed by atoms with E-state index >= 15 is 0 Å². The van der Waals surface area contributed by atoms with E-state index in [-0.39, 0.29) is 5.50 Å². The lowest BCUT2D eigenvalue weighted by Crippen LogP contribution is -3.14. The highest BCUT2D eigenvalue weighted by Gasteiger charge is 2.30. The van der Waals surface area contributed by atoms with Gasteiger partial charge in [0.2, 0.25) is 0 Å². The molecular weight excluding hydrogens is 194 g/mol. The number of nitrogens with zero attached hydrogens (tertiary/aromatic N) is 1. The van der Waals surface area contributed by atoms with Gasteiger partial charge in [-0.3, -0.25) is 5.01 Å². The van der Waals surface area contributed by atoms with Gasteiger partial charge in [-0.25, -0.2) is 0 Å². The van der Waals surface area contributed by atoms with Gasteiger partial charge < -0.3 is 17.5 Å². The Kier molecular flexibility index (Phi) is 2.67. The molecule has 3 nitrogen and oxygen atoms in total. The molecule has 4 heteroatoms. The summed E-state index contributed by atoms with van der Waals surface area (Å²) < 4.78 is 0.